The Labute approximate surface area is 207 Å². The summed E-state index contributed by atoms with van der Waals surface area (Å²) in [5.74, 6) is 0.749. The fraction of sp³-hybridized carbons (Fsp3) is 0.333. The van der Waals surface area contributed by atoms with E-state index in [1.54, 1.807) is 25.6 Å². The molecule has 2 aromatic rings. The van der Waals surface area contributed by atoms with Gasteiger partial charge in [0.25, 0.3) is 0 Å². The number of fused-ring (bicyclic) bond motifs is 3. The van der Waals surface area contributed by atoms with Crippen LogP contribution in [0.3, 0.4) is 0 Å². The molecule has 2 saturated heterocycles. The number of rotatable bonds is 6. The Kier molecular flexibility index (Phi) is 6.04. The zero-order valence-corrected chi connectivity index (χ0v) is 20.0. The Bertz CT molecular complexity index is 1180. The first-order valence-electron chi connectivity index (χ1n) is 11.0. The van der Waals surface area contributed by atoms with Crippen molar-refractivity contribution < 1.29 is 13.9 Å². The van der Waals surface area contributed by atoms with E-state index in [1.807, 2.05) is 17.0 Å². The SMILES string of the molecule is C=CC(=O)N1C[C@H]2C[C@@H](C1)[C@@H]2Nc1cc2c(cc1OC)N=CNC2Nc1ccc(Cl)c(Cl)c1F. The molecule has 3 heterocycles. The number of carbonyl (C=O) groups excluding carboxylic acids is 1. The summed E-state index contributed by atoms with van der Waals surface area (Å²) >= 11 is 11.9. The van der Waals surface area contributed by atoms with Crippen LogP contribution in [0.4, 0.5) is 21.5 Å². The van der Waals surface area contributed by atoms with Gasteiger partial charge in [-0.2, -0.15) is 0 Å². The maximum Gasteiger partial charge on any atom is 0.245 e. The molecule has 0 radical (unpaired) electrons. The van der Waals surface area contributed by atoms with Crippen LogP contribution in [0, 0.1) is 17.7 Å². The molecule has 0 spiro atoms. The second-order valence-electron chi connectivity index (χ2n) is 8.71. The van der Waals surface area contributed by atoms with Crippen molar-refractivity contribution in [2.24, 2.45) is 16.8 Å². The average molecular weight is 504 g/mol. The van der Waals surface area contributed by atoms with E-state index in [0.717, 1.165) is 17.7 Å². The summed E-state index contributed by atoms with van der Waals surface area (Å²) in [5, 5.41) is 9.92. The fourth-order valence-corrected chi connectivity index (χ4v) is 5.32. The van der Waals surface area contributed by atoms with Crippen molar-refractivity contribution in [3.63, 3.8) is 0 Å². The van der Waals surface area contributed by atoms with Crippen molar-refractivity contribution in [3.05, 3.63) is 58.3 Å². The highest BCUT2D eigenvalue weighted by Crippen LogP contribution is 2.45. The molecule has 7 nitrogen and oxygen atoms in total. The highest BCUT2D eigenvalue weighted by molar-refractivity contribution is 6.42. The summed E-state index contributed by atoms with van der Waals surface area (Å²) in [4.78, 5) is 18.3. The van der Waals surface area contributed by atoms with E-state index in [1.165, 1.54) is 6.08 Å². The van der Waals surface area contributed by atoms with Crippen LogP contribution in [0.2, 0.25) is 10.0 Å². The molecule has 1 unspecified atom stereocenters. The van der Waals surface area contributed by atoms with Gasteiger partial charge in [0.2, 0.25) is 5.91 Å². The maximum atomic E-state index is 14.7. The number of benzene rings is 2. The number of nitrogens with zero attached hydrogens (tertiary/aromatic N) is 2. The molecule has 6 rings (SSSR count). The largest absolute Gasteiger partial charge is 0.495 e. The number of halogens is 3. The fourth-order valence-electron chi connectivity index (χ4n) is 5.01. The normalized spacial score (nSPS) is 24.4. The van der Waals surface area contributed by atoms with Crippen molar-refractivity contribution >= 4 is 52.5 Å². The quantitative estimate of drug-likeness (QED) is 0.383. The molecule has 178 valence electrons. The zero-order chi connectivity index (χ0) is 24.0. The number of amides is 1. The van der Waals surface area contributed by atoms with Crippen LogP contribution < -0.4 is 20.7 Å². The van der Waals surface area contributed by atoms with E-state index in [-0.39, 0.29) is 27.7 Å². The molecule has 1 saturated carbocycles. The molecule has 4 atom stereocenters. The van der Waals surface area contributed by atoms with Crippen molar-refractivity contribution in [1.82, 2.24) is 10.2 Å². The molecular weight excluding hydrogens is 480 g/mol. The van der Waals surface area contributed by atoms with E-state index in [4.69, 9.17) is 27.9 Å². The number of methoxy groups -OCH3 is 1. The first-order chi connectivity index (χ1) is 16.4. The molecule has 3 aliphatic heterocycles. The molecule has 34 heavy (non-hydrogen) atoms. The number of hydrogen-bond acceptors (Lipinski definition) is 6. The van der Waals surface area contributed by atoms with Crippen molar-refractivity contribution in [2.75, 3.05) is 30.8 Å². The van der Waals surface area contributed by atoms with Gasteiger partial charge in [-0.05, 0) is 42.5 Å². The minimum absolute atomic E-state index is 0.0214. The van der Waals surface area contributed by atoms with Crippen LogP contribution >= 0.6 is 23.2 Å². The van der Waals surface area contributed by atoms with Crippen LogP contribution in [0.25, 0.3) is 0 Å². The third kappa shape index (κ3) is 3.95. The molecule has 10 heteroatoms. The van der Waals surface area contributed by atoms with E-state index in [0.29, 0.717) is 36.4 Å². The van der Waals surface area contributed by atoms with Crippen LogP contribution in [0.15, 0.2) is 41.9 Å². The Morgan fingerprint density at radius 3 is 2.74 bits per heavy atom. The molecule has 0 aromatic heterocycles. The Morgan fingerprint density at radius 1 is 1.26 bits per heavy atom. The summed E-state index contributed by atoms with van der Waals surface area (Å²) in [5.41, 5.74) is 2.57. The minimum Gasteiger partial charge on any atom is -0.495 e. The van der Waals surface area contributed by atoms with E-state index in [2.05, 4.69) is 27.5 Å². The van der Waals surface area contributed by atoms with Gasteiger partial charge >= 0.3 is 0 Å². The number of ether oxygens (including phenoxy) is 1. The van der Waals surface area contributed by atoms with Gasteiger partial charge in [0.05, 0.1) is 40.6 Å². The van der Waals surface area contributed by atoms with Gasteiger partial charge in [-0.1, -0.05) is 29.8 Å². The number of nitrogens with one attached hydrogen (secondary N) is 3. The molecule has 2 aromatic carbocycles. The monoisotopic (exact) mass is 503 g/mol. The van der Waals surface area contributed by atoms with E-state index in [9.17, 15) is 9.18 Å². The minimum atomic E-state index is -0.618. The van der Waals surface area contributed by atoms with Gasteiger partial charge in [0.15, 0.2) is 5.82 Å². The predicted octanol–water partition coefficient (Wildman–Crippen LogP) is 4.96. The zero-order valence-electron chi connectivity index (χ0n) is 18.4. The molecule has 3 N–H and O–H groups in total. The van der Waals surface area contributed by atoms with Crippen LogP contribution in [0.1, 0.15) is 18.2 Å². The van der Waals surface area contributed by atoms with Gasteiger partial charge in [-0.25, -0.2) is 9.38 Å². The highest BCUT2D eigenvalue weighted by atomic mass is 35.5. The second kappa shape index (κ2) is 9.00. The van der Waals surface area contributed by atoms with E-state index < -0.39 is 12.0 Å². The van der Waals surface area contributed by atoms with Crippen molar-refractivity contribution in [1.29, 1.82) is 0 Å². The maximum absolute atomic E-state index is 14.7. The summed E-state index contributed by atoms with van der Waals surface area (Å²) in [6.07, 6.45) is 3.56. The van der Waals surface area contributed by atoms with Gasteiger partial charge in [-0.15, -0.1) is 0 Å². The number of anilines is 2. The molecular formula is C24H24Cl2FN5O2. The number of piperidine rings is 2. The second-order valence-corrected chi connectivity index (χ2v) is 9.49. The number of hydrogen-bond donors (Lipinski definition) is 3. The third-order valence-electron chi connectivity index (χ3n) is 6.78. The average Bonchev–Trinajstić information content (AvgIpc) is 2.86. The lowest BCUT2D eigenvalue weighted by Crippen LogP contribution is -2.62. The third-order valence-corrected chi connectivity index (χ3v) is 7.56. The van der Waals surface area contributed by atoms with E-state index >= 15 is 0 Å². The molecule has 2 bridgehead atoms. The highest BCUT2D eigenvalue weighted by Gasteiger charge is 2.47. The van der Waals surface area contributed by atoms with Crippen molar-refractivity contribution in [3.8, 4) is 5.75 Å². The Hall–Kier alpha value is -2.97. The van der Waals surface area contributed by atoms with Gasteiger partial charge < -0.3 is 25.6 Å². The summed E-state index contributed by atoms with van der Waals surface area (Å²) in [6.45, 7) is 5.01. The lowest BCUT2D eigenvalue weighted by Gasteiger charge is -2.54. The topological polar surface area (TPSA) is 78.0 Å². The Morgan fingerprint density at radius 2 is 2.03 bits per heavy atom. The number of aliphatic imine (C=N–C) groups is 1. The smallest absolute Gasteiger partial charge is 0.245 e. The van der Waals surface area contributed by atoms with Crippen LogP contribution in [-0.4, -0.2) is 43.4 Å². The van der Waals surface area contributed by atoms with Crippen molar-refractivity contribution in [2.45, 2.75) is 18.6 Å². The summed E-state index contributed by atoms with van der Waals surface area (Å²) < 4.78 is 20.3. The summed E-state index contributed by atoms with van der Waals surface area (Å²) in [7, 11) is 1.62. The number of carbonyl (C=O) groups is 1. The molecule has 1 amide bonds. The lowest BCUT2D eigenvalue weighted by molar-refractivity contribution is -0.132. The van der Waals surface area contributed by atoms with Crippen LogP contribution in [-0.2, 0) is 4.79 Å². The molecule has 4 aliphatic rings. The lowest BCUT2D eigenvalue weighted by atomic mass is 9.66. The van der Waals surface area contributed by atoms with Gasteiger partial charge in [-0.3, -0.25) is 4.79 Å². The Balaban J connectivity index is 1.39. The first kappa shape index (κ1) is 22.8. The predicted molar refractivity (Wildman–Crippen MR) is 133 cm³/mol. The molecule has 1 aliphatic carbocycles. The van der Waals surface area contributed by atoms with Crippen LogP contribution in [0.5, 0.6) is 5.75 Å². The standard InChI is InChI=1S/C24H24Cl2FN5O2/c1-3-20(33)32-9-12-6-13(10-32)23(12)30-18-7-14-17(8-19(18)34-2)28-11-29-24(14)31-16-5-4-15(25)21(26)22(16)27/h3-5,7-8,11-13,23-24,30-31H,1,6,9-10H2,2H3,(H,28,29)/t12-,13+,23-,24?. The molecule has 3 fully saturated rings. The first-order valence-corrected chi connectivity index (χ1v) is 11.7. The van der Waals surface area contributed by atoms with Gasteiger partial charge in [0.1, 0.15) is 11.9 Å². The van der Waals surface area contributed by atoms with Gasteiger partial charge in [0, 0.05) is 30.8 Å². The summed E-state index contributed by atoms with van der Waals surface area (Å²) in [6, 6.07) is 7.15.